The van der Waals surface area contributed by atoms with E-state index in [1.165, 1.54) is 0 Å². The van der Waals surface area contributed by atoms with Crippen LogP contribution < -0.4 is 5.32 Å². The largest absolute Gasteiger partial charge is 0.491 e. The van der Waals surface area contributed by atoms with Crippen molar-refractivity contribution in [2.45, 2.75) is 32.9 Å². The molecule has 162 valence electrons. The van der Waals surface area contributed by atoms with Crippen molar-refractivity contribution >= 4 is 17.3 Å². The van der Waals surface area contributed by atoms with Crippen LogP contribution in [0.15, 0.2) is 84.2 Å². The van der Waals surface area contributed by atoms with Gasteiger partial charge < -0.3 is 15.0 Å². The zero-order chi connectivity index (χ0) is 22.7. The summed E-state index contributed by atoms with van der Waals surface area (Å²) in [6.07, 6.45) is 6.26. The number of rotatable bonds is 6. The lowest BCUT2D eigenvalue weighted by atomic mass is 9.90. The summed E-state index contributed by atoms with van der Waals surface area (Å²) in [4.78, 5) is 14.7. The number of nitrogens with zero attached hydrogens (tertiary/aromatic N) is 2. The number of carbonyl (C=O) groups is 1. The summed E-state index contributed by atoms with van der Waals surface area (Å²) in [5.41, 5.74) is 3.99. The highest BCUT2D eigenvalue weighted by atomic mass is 16.5. The third-order valence-electron chi connectivity index (χ3n) is 5.69. The van der Waals surface area contributed by atoms with E-state index in [4.69, 9.17) is 4.74 Å². The van der Waals surface area contributed by atoms with Gasteiger partial charge in [-0.05, 0) is 62.8 Å². The zero-order valence-electron chi connectivity index (χ0n) is 18.6. The number of hydrogen-bond donors (Lipinski definition) is 1. The fourth-order valence-corrected chi connectivity index (χ4v) is 4.33. The summed E-state index contributed by atoms with van der Waals surface area (Å²) in [7, 11) is 0. The molecule has 2 aromatic carbocycles. The van der Waals surface area contributed by atoms with Gasteiger partial charge in [-0.1, -0.05) is 36.4 Å². The second kappa shape index (κ2) is 9.15. The van der Waals surface area contributed by atoms with Gasteiger partial charge in [0.1, 0.15) is 5.76 Å². The summed E-state index contributed by atoms with van der Waals surface area (Å²) < 4.78 is 5.90. The second-order valence-corrected chi connectivity index (χ2v) is 8.17. The first-order valence-corrected chi connectivity index (χ1v) is 11.0. The summed E-state index contributed by atoms with van der Waals surface area (Å²) in [5.74, 6) is 0.703. The number of fused-ring (bicyclic) bond motifs is 1. The predicted octanol–water partition coefficient (Wildman–Crippen LogP) is 5.37. The molecule has 32 heavy (non-hydrogen) atoms. The van der Waals surface area contributed by atoms with E-state index in [0.29, 0.717) is 11.3 Å². The van der Waals surface area contributed by atoms with Gasteiger partial charge in [0.05, 0.1) is 29.5 Å². The minimum atomic E-state index is -0.148. The molecule has 0 radical (unpaired) electrons. The Labute approximate surface area is 189 Å². The molecule has 1 amide bonds. The molecule has 0 fully saturated rings. The first kappa shape index (κ1) is 21.5. The van der Waals surface area contributed by atoms with Crippen molar-refractivity contribution in [2.75, 3.05) is 11.9 Å². The van der Waals surface area contributed by atoms with E-state index in [1.807, 2.05) is 62.4 Å². The zero-order valence-corrected chi connectivity index (χ0v) is 18.6. The first-order valence-electron chi connectivity index (χ1n) is 11.0. The molecule has 0 bridgehead atoms. The van der Waals surface area contributed by atoms with Gasteiger partial charge >= 0.3 is 0 Å². The van der Waals surface area contributed by atoms with E-state index in [0.717, 1.165) is 29.1 Å². The fourth-order valence-electron chi connectivity index (χ4n) is 4.33. The molecule has 2 atom stereocenters. The molecule has 2 unspecified atom stereocenters. The number of nitriles is 1. The van der Waals surface area contributed by atoms with Gasteiger partial charge in [-0.25, -0.2) is 0 Å². The normalized spacial score (nSPS) is 19.5. The van der Waals surface area contributed by atoms with Crippen LogP contribution in [0.25, 0.3) is 5.70 Å². The second-order valence-electron chi connectivity index (χ2n) is 8.17. The van der Waals surface area contributed by atoms with Gasteiger partial charge in [0.2, 0.25) is 0 Å². The highest BCUT2D eigenvalue weighted by Crippen LogP contribution is 2.43. The van der Waals surface area contributed by atoms with Gasteiger partial charge in [-0.2, -0.15) is 5.26 Å². The number of anilines is 1. The number of ether oxygens (including phenoxy) is 1. The molecule has 4 rings (SSSR count). The van der Waals surface area contributed by atoms with Crippen LogP contribution in [-0.4, -0.2) is 29.5 Å². The first-order chi connectivity index (χ1) is 15.5. The number of amides is 1. The molecule has 0 aromatic heterocycles. The maximum Gasteiger partial charge on any atom is 0.255 e. The van der Waals surface area contributed by atoms with E-state index in [9.17, 15) is 10.1 Å². The minimum absolute atomic E-state index is 0.00641. The average molecular weight is 426 g/mol. The van der Waals surface area contributed by atoms with Gasteiger partial charge in [0.15, 0.2) is 0 Å². The molecule has 5 nitrogen and oxygen atoms in total. The van der Waals surface area contributed by atoms with Crippen LogP contribution in [0.4, 0.5) is 5.69 Å². The SMILES string of the molecule is CCN1C(c2ccc(NC(=O)c3ccccc3)cc2)=C(C#N)C2C=CC(OC(C)C)=CC21. The number of hydrogen-bond acceptors (Lipinski definition) is 4. The van der Waals surface area contributed by atoms with Crippen molar-refractivity contribution in [1.29, 1.82) is 5.26 Å². The van der Waals surface area contributed by atoms with Crippen LogP contribution in [0.2, 0.25) is 0 Å². The molecule has 0 saturated heterocycles. The third kappa shape index (κ3) is 4.17. The molecule has 1 heterocycles. The van der Waals surface area contributed by atoms with E-state index >= 15 is 0 Å². The van der Waals surface area contributed by atoms with Gasteiger partial charge in [0, 0.05) is 23.7 Å². The van der Waals surface area contributed by atoms with Crippen molar-refractivity contribution in [3.8, 4) is 6.07 Å². The van der Waals surface area contributed by atoms with Crippen LogP contribution >= 0.6 is 0 Å². The maximum atomic E-state index is 12.4. The predicted molar refractivity (Wildman–Crippen MR) is 126 cm³/mol. The number of allylic oxidation sites excluding steroid dienone is 1. The van der Waals surface area contributed by atoms with Gasteiger partial charge in [0.25, 0.3) is 5.91 Å². The van der Waals surface area contributed by atoms with Gasteiger partial charge in [-0.3, -0.25) is 4.79 Å². The lowest BCUT2D eigenvalue weighted by Gasteiger charge is -2.31. The van der Waals surface area contributed by atoms with Crippen molar-refractivity contribution in [3.05, 3.63) is 95.3 Å². The Morgan fingerprint density at radius 1 is 1.16 bits per heavy atom. The lowest BCUT2D eigenvalue weighted by molar-refractivity contribution is 0.102. The molecule has 1 aliphatic carbocycles. The Bertz CT molecular complexity index is 1120. The van der Waals surface area contributed by atoms with E-state index in [-0.39, 0.29) is 24.0 Å². The van der Waals surface area contributed by atoms with E-state index in [1.54, 1.807) is 12.1 Å². The van der Waals surface area contributed by atoms with Gasteiger partial charge in [-0.15, -0.1) is 0 Å². The van der Waals surface area contributed by atoms with Crippen LogP contribution in [0.5, 0.6) is 0 Å². The highest BCUT2D eigenvalue weighted by Gasteiger charge is 2.40. The Hall–Kier alpha value is -3.78. The molecular formula is C27H27N3O2. The molecule has 0 spiro atoms. The molecule has 5 heteroatoms. The summed E-state index contributed by atoms with van der Waals surface area (Å²) in [6.45, 7) is 6.89. The van der Waals surface area contributed by atoms with Crippen molar-refractivity contribution in [2.24, 2.45) is 5.92 Å². The molecule has 1 aliphatic heterocycles. The molecular weight excluding hydrogens is 398 g/mol. The standard InChI is InChI=1S/C27H27N3O2/c1-4-30-25-16-22(32-18(2)3)14-15-23(25)24(17-28)26(30)19-10-12-21(13-11-19)29-27(31)20-8-6-5-7-9-20/h5-16,18,23,25H,4H2,1-3H3,(H,29,31). The number of carbonyl (C=O) groups excluding carboxylic acids is 1. The Kier molecular flexibility index (Phi) is 6.13. The Morgan fingerprint density at radius 3 is 2.50 bits per heavy atom. The summed E-state index contributed by atoms with van der Waals surface area (Å²) >= 11 is 0. The molecule has 2 aromatic rings. The quantitative estimate of drug-likeness (QED) is 0.675. The number of benzene rings is 2. The molecule has 2 aliphatic rings. The van der Waals surface area contributed by atoms with Crippen molar-refractivity contribution in [1.82, 2.24) is 4.90 Å². The van der Waals surface area contributed by atoms with Crippen molar-refractivity contribution < 1.29 is 9.53 Å². The monoisotopic (exact) mass is 425 g/mol. The summed E-state index contributed by atoms with van der Waals surface area (Å²) in [5, 5.41) is 12.9. The molecule has 0 saturated carbocycles. The number of likely N-dealkylation sites (N-methyl/N-ethyl adjacent to an activating group) is 1. The third-order valence-corrected chi connectivity index (χ3v) is 5.69. The fraction of sp³-hybridized carbons (Fsp3) is 0.259. The van der Waals surface area contributed by atoms with Crippen LogP contribution in [0.1, 0.15) is 36.7 Å². The summed E-state index contributed by atoms with van der Waals surface area (Å²) in [6, 6.07) is 19.3. The minimum Gasteiger partial charge on any atom is -0.491 e. The Morgan fingerprint density at radius 2 is 1.88 bits per heavy atom. The topological polar surface area (TPSA) is 65.4 Å². The smallest absolute Gasteiger partial charge is 0.255 e. The lowest BCUT2D eigenvalue weighted by Crippen LogP contribution is -2.33. The Balaban J connectivity index is 1.59. The molecule has 1 N–H and O–H groups in total. The van der Waals surface area contributed by atoms with Crippen molar-refractivity contribution in [3.63, 3.8) is 0 Å². The van der Waals surface area contributed by atoms with E-state index in [2.05, 4.69) is 35.4 Å². The average Bonchev–Trinajstić information content (AvgIpc) is 3.12. The number of nitrogens with one attached hydrogen (secondary N) is 1. The van der Waals surface area contributed by atoms with Crippen LogP contribution in [0.3, 0.4) is 0 Å². The highest BCUT2D eigenvalue weighted by molar-refractivity contribution is 6.04. The van der Waals surface area contributed by atoms with Crippen LogP contribution in [0, 0.1) is 17.2 Å². The van der Waals surface area contributed by atoms with E-state index < -0.39 is 0 Å². The maximum absolute atomic E-state index is 12.4. The van der Waals surface area contributed by atoms with Crippen LogP contribution in [-0.2, 0) is 4.74 Å².